The molecule has 0 heterocycles. The third-order valence-electron chi connectivity index (χ3n) is 2.53. The first kappa shape index (κ1) is 16.5. The van der Waals surface area contributed by atoms with Gasteiger partial charge in [0.15, 0.2) is 23.3 Å². The molecule has 2 aromatic rings. The number of hydrogen-bond acceptors (Lipinski definition) is 4. The van der Waals surface area contributed by atoms with E-state index in [9.17, 15) is 27.2 Å². The van der Waals surface area contributed by atoms with Crippen molar-refractivity contribution in [2.75, 3.05) is 0 Å². The number of hydrogen-bond donors (Lipinski definition) is 0. The van der Waals surface area contributed by atoms with Crippen LogP contribution >= 0.6 is 0 Å². The Morgan fingerprint density at radius 1 is 0.696 bits per heavy atom. The van der Waals surface area contributed by atoms with Crippen molar-refractivity contribution in [1.29, 1.82) is 0 Å². The van der Waals surface area contributed by atoms with Crippen LogP contribution in [-0.2, 0) is 9.59 Å². The van der Waals surface area contributed by atoms with Gasteiger partial charge in [-0.2, -0.15) is 0 Å². The van der Waals surface area contributed by atoms with Crippen LogP contribution in [0.25, 0.3) is 0 Å². The lowest BCUT2D eigenvalue weighted by Crippen LogP contribution is -2.18. The summed E-state index contributed by atoms with van der Waals surface area (Å²) in [5, 5.41) is 0. The summed E-state index contributed by atoms with van der Waals surface area (Å²) in [5.41, 5.74) is 0. The summed E-state index contributed by atoms with van der Waals surface area (Å²) in [6.07, 6.45) is -0.863. The number of rotatable bonds is 4. The highest BCUT2D eigenvalue weighted by molar-refractivity contribution is 5.93. The molecular formula is C15H8F4O4. The number of carbonyl (C=O) groups excluding carboxylic acids is 2. The summed E-state index contributed by atoms with van der Waals surface area (Å²) in [4.78, 5) is 22.9. The summed E-state index contributed by atoms with van der Waals surface area (Å²) < 4.78 is 60.5. The number of carbonyl (C=O) groups is 2. The van der Waals surface area contributed by atoms with Gasteiger partial charge in [0.1, 0.15) is 17.9 Å². The zero-order chi connectivity index (χ0) is 17.0. The van der Waals surface area contributed by atoms with Gasteiger partial charge in [0.2, 0.25) is 0 Å². The van der Waals surface area contributed by atoms with Crippen molar-refractivity contribution in [3.8, 4) is 11.5 Å². The first-order valence-corrected chi connectivity index (χ1v) is 6.16. The van der Waals surface area contributed by atoms with Gasteiger partial charge in [-0.1, -0.05) is 0 Å². The minimum absolute atomic E-state index is 0.297. The molecule has 0 aromatic heterocycles. The van der Waals surface area contributed by atoms with E-state index in [0.717, 1.165) is 24.3 Å². The van der Waals surface area contributed by atoms with Crippen LogP contribution < -0.4 is 9.47 Å². The second-order valence-electron chi connectivity index (χ2n) is 4.28. The molecule has 0 radical (unpaired) electrons. The van der Waals surface area contributed by atoms with E-state index in [2.05, 4.69) is 9.47 Å². The SMILES string of the molecule is O=C(CC(=O)Oc1ccc(F)c(F)c1)Oc1ccc(F)c(F)c1. The molecule has 2 aromatic carbocycles. The molecule has 2 rings (SSSR count). The van der Waals surface area contributed by atoms with Gasteiger partial charge in [-0.15, -0.1) is 0 Å². The predicted molar refractivity (Wildman–Crippen MR) is 68.6 cm³/mol. The molecule has 0 N–H and O–H groups in total. The molecule has 0 bridgehead atoms. The summed E-state index contributed by atoms with van der Waals surface area (Å²) in [6, 6.07) is 4.75. The third-order valence-corrected chi connectivity index (χ3v) is 2.53. The van der Waals surface area contributed by atoms with Crippen LogP contribution in [0.1, 0.15) is 6.42 Å². The Labute approximate surface area is 127 Å². The molecule has 0 spiro atoms. The van der Waals surface area contributed by atoms with Crippen LogP contribution in [0, 0.1) is 23.3 Å². The standard InChI is InChI=1S/C15H8F4O4/c16-10-3-1-8(5-12(10)18)22-14(20)7-15(21)23-9-2-4-11(17)13(19)6-9/h1-6H,7H2. The number of halogens is 4. The lowest BCUT2D eigenvalue weighted by atomic mass is 10.3. The fourth-order valence-electron chi connectivity index (χ4n) is 1.53. The van der Waals surface area contributed by atoms with Gasteiger partial charge in [-0.05, 0) is 24.3 Å². The van der Waals surface area contributed by atoms with Crippen molar-refractivity contribution in [2.24, 2.45) is 0 Å². The average molecular weight is 328 g/mol. The zero-order valence-corrected chi connectivity index (χ0v) is 11.3. The molecule has 8 heteroatoms. The monoisotopic (exact) mass is 328 g/mol. The summed E-state index contributed by atoms with van der Waals surface area (Å²) in [5.74, 6) is -7.47. The lowest BCUT2D eigenvalue weighted by molar-refractivity contribution is -0.144. The third kappa shape index (κ3) is 4.53. The highest BCUT2D eigenvalue weighted by Gasteiger charge is 2.16. The molecule has 0 aliphatic rings. The van der Waals surface area contributed by atoms with Crippen molar-refractivity contribution in [2.45, 2.75) is 6.42 Å². The summed E-state index contributed by atoms with van der Waals surface area (Å²) >= 11 is 0. The smallest absolute Gasteiger partial charge is 0.322 e. The van der Waals surface area contributed by atoms with Crippen LogP contribution in [0.15, 0.2) is 36.4 Å². The second-order valence-corrected chi connectivity index (χ2v) is 4.28. The van der Waals surface area contributed by atoms with E-state index in [1.807, 2.05) is 0 Å². The van der Waals surface area contributed by atoms with Crippen LogP contribution in [-0.4, -0.2) is 11.9 Å². The summed E-state index contributed by atoms with van der Waals surface area (Å²) in [6.45, 7) is 0. The van der Waals surface area contributed by atoms with Gasteiger partial charge in [0.25, 0.3) is 0 Å². The molecule has 0 amide bonds. The topological polar surface area (TPSA) is 52.6 Å². The van der Waals surface area contributed by atoms with Crippen LogP contribution in [0.2, 0.25) is 0 Å². The Bertz CT molecular complexity index is 698. The van der Waals surface area contributed by atoms with E-state index in [0.29, 0.717) is 12.1 Å². The highest BCUT2D eigenvalue weighted by Crippen LogP contribution is 2.17. The van der Waals surface area contributed by atoms with Gasteiger partial charge in [-0.25, -0.2) is 17.6 Å². The molecule has 0 atom stereocenters. The Kier molecular flexibility index (Phi) is 4.95. The fourth-order valence-corrected chi connectivity index (χ4v) is 1.53. The molecule has 4 nitrogen and oxygen atoms in total. The molecule has 0 aliphatic heterocycles. The minimum Gasteiger partial charge on any atom is -0.426 e. The second kappa shape index (κ2) is 6.91. The number of benzene rings is 2. The zero-order valence-electron chi connectivity index (χ0n) is 11.3. The molecule has 0 saturated heterocycles. The van der Waals surface area contributed by atoms with E-state index in [-0.39, 0.29) is 11.5 Å². The summed E-state index contributed by atoms with van der Waals surface area (Å²) in [7, 11) is 0. The maximum Gasteiger partial charge on any atom is 0.322 e. The first-order valence-electron chi connectivity index (χ1n) is 6.16. The van der Waals surface area contributed by atoms with Gasteiger partial charge in [-0.3, -0.25) is 9.59 Å². The Morgan fingerprint density at radius 2 is 1.09 bits per heavy atom. The normalized spacial score (nSPS) is 10.3. The molecule has 0 aliphatic carbocycles. The van der Waals surface area contributed by atoms with Gasteiger partial charge >= 0.3 is 11.9 Å². The molecule has 120 valence electrons. The lowest BCUT2D eigenvalue weighted by Gasteiger charge is -2.06. The van der Waals surface area contributed by atoms with Crippen LogP contribution in [0.3, 0.4) is 0 Å². The number of ether oxygens (including phenoxy) is 2. The first-order chi connectivity index (χ1) is 10.8. The van der Waals surface area contributed by atoms with E-state index < -0.39 is 41.6 Å². The van der Waals surface area contributed by atoms with Crippen molar-refractivity contribution in [3.63, 3.8) is 0 Å². The Balaban J connectivity index is 1.92. The Hall–Kier alpha value is -2.90. The van der Waals surface area contributed by atoms with Gasteiger partial charge in [0.05, 0.1) is 0 Å². The van der Waals surface area contributed by atoms with E-state index in [1.54, 1.807) is 0 Å². The average Bonchev–Trinajstić information content (AvgIpc) is 2.46. The molecule has 0 fully saturated rings. The van der Waals surface area contributed by atoms with Crippen molar-refractivity contribution in [3.05, 3.63) is 59.7 Å². The number of esters is 2. The van der Waals surface area contributed by atoms with E-state index in [1.165, 1.54) is 0 Å². The van der Waals surface area contributed by atoms with Gasteiger partial charge in [0, 0.05) is 12.1 Å². The van der Waals surface area contributed by atoms with Crippen molar-refractivity contribution in [1.82, 2.24) is 0 Å². The van der Waals surface area contributed by atoms with Crippen molar-refractivity contribution >= 4 is 11.9 Å². The molecular weight excluding hydrogens is 320 g/mol. The highest BCUT2D eigenvalue weighted by atomic mass is 19.2. The van der Waals surface area contributed by atoms with Crippen molar-refractivity contribution < 1.29 is 36.6 Å². The fraction of sp³-hybridized carbons (Fsp3) is 0.0667. The largest absolute Gasteiger partial charge is 0.426 e. The maximum absolute atomic E-state index is 12.9. The van der Waals surface area contributed by atoms with E-state index >= 15 is 0 Å². The van der Waals surface area contributed by atoms with Crippen LogP contribution in [0.5, 0.6) is 11.5 Å². The molecule has 0 unspecified atom stereocenters. The predicted octanol–water partition coefficient (Wildman–Crippen LogP) is 3.14. The minimum atomic E-state index is -1.22. The Morgan fingerprint density at radius 3 is 1.43 bits per heavy atom. The van der Waals surface area contributed by atoms with E-state index in [4.69, 9.17) is 0 Å². The molecule has 23 heavy (non-hydrogen) atoms. The van der Waals surface area contributed by atoms with Crippen LogP contribution in [0.4, 0.5) is 17.6 Å². The maximum atomic E-state index is 12.9. The quantitative estimate of drug-likeness (QED) is 0.374. The molecule has 0 saturated carbocycles. The van der Waals surface area contributed by atoms with Gasteiger partial charge < -0.3 is 9.47 Å².